The first-order chi connectivity index (χ1) is 11.8. The van der Waals surface area contributed by atoms with Crippen LogP contribution in [0, 0.1) is 0 Å². The van der Waals surface area contributed by atoms with E-state index in [0.717, 1.165) is 0 Å². The Morgan fingerprint density at radius 3 is 2.56 bits per heavy atom. The summed E-state index contributed by atoms with van der Waals surface area (Å²) in [6.45, 7) is 0. The van der Waals surface area contributed by atoms with E-state index in [1.54, 1.807) is 42.5 Å². The van der Waals surface area contributed by atoms with E-state index in [2.05, 4.69) is 14.7 Å². The van der Waals surface area contributed by atoms with Crippen molar-refractivity contribution in [2.75, 3.05) is 5.32 Å². The third-order valence-electron chi connectivity index (χ3n) is 3.26. The molecule has 0 saturated carbocycles. The van der Waals surface area contributed by atoms with Gasteiger partial charge in [0.2, 0.25) is 11.0 Å². The van der Waals surface area contributed by atoms with Crippen molar-refractivity contribution >= 4 is 28.3 Å². The monoisotopic (exact) mass is 365 g/mol. The number of carboxylic acids is 1. The molecule has 0 bridgehead atoms. The van der Waals surface area contributed by atoms with Crippen LogP contribution in [0.2, 0.25) is 0 Å². The largest absolute Gasteiger partial charge is 0.478 e. The van der Waals surface area contributed by atoms with E-state index in [0.29, 0.717) is 28.3 Å². The highest BCUT2D eigenvalue weighted by Gasteiger charge is 2.36. The Bertz CT molecular complexity index is 925. The van der Waals surface area contributed by atoms with Gasteiger partial charge in [0, 0.05) is 17.2 Å². The Morgan fingerprint density at radius 2 is 1.88 bits per heavy atom. The Labute approximate surface area is 143 Å². The predicted molar refractivity (Wildman–Crippen MR) is 87.0 cm³/mol. The molecular formula is C16H10F3N3O2S. The smallest absolute Gasteiger partial charge is 0.452 e. The molecule has 9 heteroatoms. The molecule has 0 fully saturated rings. The van der Waals surface area contributed by atoms with E-state index in [1.165, 1.54) is 6.07 Å². The van der Waals surface area contributed by atoms with Crippen molar-refractivity contribution in [2.45, 2.75) is 6.18 Å². The number of benzene rings is 2. The number of aromatic nitrogens is 2. The van der Waals surface area contributed by atoms with Gasteiger partial charge in [-0.1, -0.05) is 30.3 Å². The van der Waals surface area contributed by atoms with Crippen molar-refractivity contribution in [3.8, 4) is 11.1 Å². The molecule has 0 amide bonds. The predicted octanol–water partition coefficient (Wildman–Crippen LogP) is 4.67. The number of hydrogen-bond donors (Lipinski definition) is 2. The lowest BCUT2D eigenvalue weighted by atomic mass is 9.99. The topological polar surface area (TPSA) is 75.1 Å². The van der Waals surface area contributed by atoms with Gasteiger partial charge in [-0.05, 0) is 29.3 Å². The number of rotatable bonds is 4. The van der Waals surface area contributed by atoms with Crippen LogP contribution < -0.4 is 5.32 Å². The van der Waals surface area contributed by atoms with Gasteiger partial charge in [-0.3, -0.25) is 0 Å². The zero-order valence-electron chi connectivity index (χ0n) is 12.4. The third kappa shape index (κ3) is 3.77. The van der Waals surface area contributed by atoms with Crippen LogP contribution in [-0.2, 0) is 6.18 Å². The SMILES string of the molecule is O=C(O)c1ccccc1-c1cccc(Nc2nc(C(F)(F)F)ns2)c1. The van der Waals surface area contributed by atoms with Gasteiger partial charge in [0.1, 0.15) is 0 Å². The van der Waals surface area contributed by atoms with E-state index in [4.69, 9.17) is 0 Å². The fourth-order valence-electron chi connectivity index (χ4n) is 2.20. The number of nitrogens with zero attached hydrogens (tertiary/aromatic N) is 2. The number of halogens is 3. The maximum atomic E-state index is 12.5. The maximum absolute atomic E-state index is 12.5. The molecule has 5 nitrogen and oxygen atoms in total. The number of nitrogens with one attached hydrogen (secondary N) is 1. The standard InChI is InChI=1S/C16H10F3N3O2S/c17-16(18,19)14-21-15(25-22-14)20-10-5-3-4-9(8-10)11-6-1-2-7-12(11)13(23)24/h1-8H,(H,23,24)(H,20,21,22). The third-order valence-corrected chi connectivity index (χ3v) is 3.89. The van der Waals surface area contributed by atoms with Crippen molar-refractivity contribution in [1.82, 2.24) is 9.36 Å². The lowest BCUT2D eigenvalue weighted by Gasteiger charge is -2.08. The highest BCUT2D eigenvalue weighted by molar-refractivity contribution is 7.09. The van der Waals surface area contributed by atoms with Crippen molar-refractivity contribution < 1.29 is 23.1 Å². The van der Waals surface area contributed by atoms with E-state index >= 15 is 0 Å². The zero-order chi connectivity index (χ0) is 18.0. The highest BCUT2D eigenvalue weighted by atomic mass is 32.1. The van der Waals surface area contributed by atoms with Gasteiger partial charge >= 0.3 is 12.1 Å². The summed E-state index contributed by atoms with van der Waals surface area (Å²) in [5.41, 5.74) is 1.73. The molecule has 3 rings (SSSR count). The number of hydrogen-bond acceptors (Lipinski definition) is 5. The maximum Gasteiger partial charge on any atom is 0.452 e. The van der Waals surface area contributed by atoms with Crippen molar-refractivity contribution in [3.05, 3.63) is 59.9 Å². The normalized spacial score (nSPS) is 11.3. The van der Waals surface area contributed by atoms with Crippen LogP contribution in [-0.4, -0.2) is 20.4 Å². The van der Waals surface area contributed by atoms with Crippen molar-refractivity contribution in [1.29, 1.82) is 0 Å². The summed E-state index contributed by atoms with van der Waals surface area (Å²) >= 11 is 0.595. The quantitative estimate of drug-likeness (QED) is 0.703. The first-order valence-corrected chi connectivity index (χ1v) is 7.72. The summed E-state index contributed by atoms with van der Waals surface area (Å²) < 4.78 is 40.9. The molecule has 2 aromatic carbocycles. The number of alkyl halides is 3. The van der Waals surface area contributed by atoms with Gasteiger partial charge in [0.15, 0.2) is 0 Å². The van der Waals surface area contributed by atoms with E-state index in [-0.39, 0.29) is 10.7 Å². The molecule has 0 aliphatic rings. The summed E-state index contributed by atoms with van der Waals surface area (Å²) in [7, 11) is 0. The van der Waals surface area contributed by atoms with E-state index < -0.39 is 18.0 Å². The van der Waals surface area contributed by atoms with Crippen molar-refractivity contribution in [3.63, 3.8) is 0 Å². The molecule has 1 heterocycles. The number of carboxylic acid groups (broad SMARTS) is 1. The second-order valence-corrected chi connectivity index (χ2v) is 5.73. The fraction of sp³-hybridized carbons (Fsp3) is 0.0625. The van der Waals surface area contributed by atoms with E-state index in [9.17, 15) is 23.1 Å². The molecule has 25 heavy (non-hydrogen) atoms. The molecule has 1 aromatic heterocycles. The molecule has 0 unspecified atom stereocenters. The molecule has 0 atom stereocenters. The first-order valence-electron chi connectivity index (χ1n) is 6.95. The first kappa shape index (κ1) is 16.9. The minimum absolute atomic E-state index is 0.00371. The molecule has 0 aliphatic carbocycles. The van der Waals surface area contributed by atoms with Crippen LogP contribution in [0.1, 0.15) is 16.2 Å². The number of aromatic carboxylic acids is 1. The highest BCUT2D eigenvalue weighted by Crippen LogP contribution is 2.31. The minimum Gasteiger partial charge on any atom is -0.478 e. The van der Waals surface area contributed by atoms with Crippen LogP contribution in [0.4, 0.5) is 24.0 Å². The summed E-state index contributed by atoms with van der Waals surface area (Å²) in [6, 6.07) is 13.1. The number of anilines is 2. The summed E-state index contributed by atoms with van der Waals surface area (Å²) in [6.07, 6.45) is -4.60. The molecule has 0 spiro atoms. The Kier molecular flexibility index (Phi) is 4.41. The summed E-state index contributed by atoms with van der Waals surface area (Å²) in [5, 5.41) is 12.0. The van der Waals surface area contributed by atoms with Gasteiger partial charge < -0.3 is 10.4 Å². The van der Waals surface area contributed by atoms with Crippen molar-refractivity contribution in [2.24, 2.45) is 0 Å². The van der Waals surface area contributed by atoms with Crippen LogP contribution in [0.25, 0.3) is 11.1 Å². The van der Waals surface area contributed by atoms with Crippen LogP contribution in [0.15, 0.2) is 48.5 Å². The van der Waals surface area contributed by atoms with Gasteiger partial charge in [-0.15, -0.1) is 0 Å². The molecular weight excluding hydrogens is 355 g/mol. The second kappa shape index (κ2) is 6.52. The molecule has 3 aromatic rings. The van der Waals surface area contributed by atoms with E-state index in [1.807, 2.05) is 0 Å². The number of carbonyl (C=O) groups is 1. The second-order valence-electron chi connectivity index (χ2n) is 4.98. The average molecular weight is 365 g/mol. The summed E-state index contributed by atoms with van der Waals surface area (Å²) in [5.74, 6) is -2.26. The van der Waals surface area contributed by atoms with Crippen LogP contribution in [0.3, 0.4) is 0 Å². The lowest BCUT2D eigenvalue weighted by molar-refractivity contribution is -0.144. The molecule has 0 saturated heterocycles. The minimum atomic E-state index is -4.60. The molecule has 0 aliphatic heterocycles. The van der Waals surface area contributed by atoms with Gasteiger partial charge in [0.05, 0.1) is 5.56 Å². The zero-order valence-corrected chi connectivity index (χ0v) is 13.2. The average Bonchev–Trinajstić information content (AvgIpc) is 3.04. The lowest BCUT2D eigenvalue weighted by Crippen LogP contribution is -2.07. The Morgan fingerprint density at radius 1 is 1.12 bits per heavy atom. The summed E-state index contributed by atoms with van der Waals surface area (Å²) in [4.78, 5) is 14.7. The van der Waals surface area contributed by atoms with Gasteiger partial charge in [-0.25, -0.2) is 4.79 Å². The molecule has 128 valence electrons. The van der Waals surface area contributed by atoms with Crippen LogP contribution in [0.5, 0.6) is 0 Å². The van der Waals surface area contributed by atoms with Gasteiger partial charge in [-0.2, -0.15) is 22.5 Å². The Balaban J connectivity index is 1.90. The molecule has 0 radical (unpaired) electrons. The van der Waals surface area contributed by atoms with Crippen LogP contribution >= 0.6 is 11.5 Å². The Hall–Kier alpha value is -2.94. The molecule has 2 N–H and O–H groups in total. The fourth-order valence-corrected chi connectivity index (χ4v) is 2.81. The van der Waals surface area contributed by atoms with Gasteiger partial charge in [0.25, 0.3) is 0 Å².